The molecule has 0 unspecified atom stereocenters. The first-order chi connectivity index (χ1) is 10.6. The van der Waals surface area contributed by atoms with Gasteiger partial charge in [-0.2, -0.15) is 0 Å². The first-order valence-corrected chi connectivity index (χ1v) is 9.10. The lowest BCUT2D eigenvalue weighted by atomic mass is 9.87. The van der Waals surface area contributed by atoms with Crippen LogP contribution in [0.4, 0.5) is 0 Å². The van der Waals surface area contributed by atoms with Crippen molar-refractivity contribution in [2.24, 2.45) is 0 Å². The van der Waals surface area contributed by atoms with Crippen LogP contribution in [0.1, 0.15) is 53.9 Å². The molecule has 0 aromatic carbocycles. The molecule has 0 saturated carbocycles. The third kappa shape index (κ3) is 4.91. The molecule has 2 fully saturated rings. The quantitative estimate of drug-likeness (QED) is 0.855. The highest BCUT2D eigenvalue weighted by molar-refractivity contribution is 5.77. The van der Waals surface area contributed by atoms with E-state index in [-0.39, 0.29) is 17.9 Å². The fourth-order valence-electron chi connectivity index (χ4n) is 3.65. The maximum Gasteiger partial charge on any atom is 0.225 e. The number of hydrogen-bond acceptors (Lipinski definition) is 4. The summed E-state index contributed by atoms with van der Waals surface area (Å²) in [5, 5.41) is 10.8. The van der Waals surface area contributed by atoms with Gasteiger partial charge in [-0.1, -0.05) is 0 Å². The van der Waals surface area contributed by atoms with Crippen LogP contribution in [-0.2, 0) is 4.79 Å². The van der Waals surface area contributed by atoms with Crippen molar-refractivity contribution in [3.8, 4) is 0 Å². The van der Waals surface area contributed by atoms with Crippen LogP contribution >= 0.6 is 0 Å². The van der Waals surface area contributed by atoms with E-state index < -0.39 is 5.60 Å². The molecule has 23 heavy (non-hydrogen) atoms. The molecule has 0 spiro atoms. The van der Waals surface area contributed by atoms with Gasteiger partial charge < -0.3 is 14.9 Å². The number of aliphatic hydroxyl groups is 1. The number of likely N-dealkylation sites (tertiary alicyclic amines) is 1. The topological polar surface area (TPSA) is 47.0 Å². The molecule has 0 atom stereocenters. The summed E-state index contributed by atoms with van der Waals surface area (Å²) in [5.41, 5.74) is -0.638. The van der Waals surface area contributed by atoms with Crippen LogP contribution in [0.5, 0.6) is 0 Å². The van der Waals surface area contributed by atoms with Gasteiger partial charge in [-0.15, -0.1) is 0 Å². The zero-order valence-corrected chi connectivity index (χ0v) is 15.6. The van der Waals surface area contributed by atoms with Crippen LogP contribution < -0.4 is 0 Å². The van der Waals surface area contributed by atoms with Gasteiger partial charge >= 0.3 is 0 Å². The Morgan fingerprint density at radius 3 is 2.00 bits per heavy atom. The van der Waals surface area contributed by atoms with Crippen LogP contribution in [0.2, 0.25) is 0 Å². The maximum absolute atomic E-state index is 12.6. The molecule has 5 heteroatoms. The van der Waals surface area contributed by atoms with Crippen molar-refractivity contribution in [1.82, 2.24) is 14.7 Å². The number of hydrogen-bond donors (Lipinski definition) is 1. The molecular formula is C18H35N3O2. The van der Waals surface area contributed by atoms with Crippen molar-refractivity contribution in [3.63, 3.8) is 0 Å². The van der Waals surface area contributed by atoms with E-state index in [1.165, 1.54) is 0 Å². The molecule has 134 valence electrons. The molecule has 2 heterocycles. The summed E-state index contributed by atoms with van der Waals surface area (Å²) < 4.78 is 0. The molecule has 1 N–H and O–H groups in total. The van der Waals surface area contributed by atoms with Crippen LogP contribution in [0.25, 0.3) is 0 Å². The van der Waals surface area contributed by atoms with E-state index in [1.807, 2.05) is 4.90 Å². The minimum absolute atomic E-state index is 0.124. The van der Waals surface area contributed by atoms with Gasteiger partial charge in [0.2, 0.25) is 5.91 Å². The summed E-state index contributed by atoms with van der Waals surface area (Å²) in [5.74, 6) is 0.124. The highest BCUT2D eigenvalue weighted by Crippen LogP contribution is 2.28. The number of piperidine rings is 1. The second-order valence-corrected chi connectivity index (χ2v) is 8.57. The fourth-order valence-corrected chi connectivity index (χ4v) is 3.65. The molecule has 5 nitrogen and oxygen atoms in total. The lowest BCUT2D eigenvalue weighted by Gasteiger charge is -2.44. The first kappa shape index (κ1) is 18.7. The molecular weight excluding hydrogens is 290 g/mol. The van der Waals surface area contributed by atoms with Gasteiger partial charge in [0, 0.05) is 50.8 Å². The van der Waals surface area contributed by atoms with E-state index >= 15 is 0 Å². The second kappa shape index (κ2) is 7.08. The molecule has 0 aromatic rings. The van der Waals surface area contributed by atoms with Crippen molar-refractivity contribution < 1.29 is 9.90 Å². The minimum Gasteiger partial charge on any atom is -0.389 e. The Labute approximate surface area is 141 Å². The second-order valence-electron chi connectivity index (χ2n) is 8.57. The molecule has 0 aromatic heterocycles. The molecule has 0 bridgehead atoms. The van der Waals surface area contributed by atoms with E-state index in [2.05, 4.69) is 44.4 Å². The zero-order chi connectivity index (χ0) is 17.3. The van der Waals surface area contributed by atoms with Crippen molar-refractivity contribution in [2.75, 3.05) is 39.3 Å². The molecule has 0 radical (unpaired) electrons. The molecule has 1 amide bonds. The molecule has 2 aliphatic heterocycles. The van der Waals surface area contributed by atoms with Crippen molar-refractivity contribution in [2.45, 2.75) is 71.1 Å². The van der Waals surface area contributed by atoms with Gasteiger partial charge in [0.15, 0.2) is 0 Å². The molecule has 2 rings (SSSR count). The number of carbonyl (C=O) groups excluding carboxylic acids is 1. The summed E-state index contributed by atoms with van der Waals surface area (Å²) in [6.45, 7) is 16.2. The average molecular weight is 325 g/mol. The number of amides is 1. The summed E-state index contributed by atoms with van der Waals surface area (Å²) in [6, 6.07) is 0.515. The van der Waals surface area contributed by atoms with Crippen LogP contribution in [0.3, 0.4) is 0 Å². The van der Waals surface area contributed by atoms with Gasteiger partial charge in [0.1, 0.15) is 0 Å². The number of nitrogens with zero attached hydrogens (tertiary/aromatic N) is 3. The van der Waals surface area contributed by atoms with Gasteiger partial charge in [-0.25, -0.2) is 0 Å². The number of carbonyl (C=O) groups is 1. The van der Waals surface area contributed by atoms with Crippen LogP contribution in [-0.4, -0.2) is 82.2 Å². The Kier molecular flexibility index (Phi) is 5.75. The van der Waals surface area contributed by atoms with Gasteiger partial charge in [-0.3, -0.25) is 9.69 Å². The Hall–Kier alpha value is -0.650. The Morgan fingerprint density at radius 2 is 1.57 bits per heavy atom. The first-order valence-electron chi connectivity index (χ1n) is 9.10. The molecule has 0 aliphatic carbocycles. The largest absolute Gasteiger partial charge is 0.389 e. The lowest BCUT2D eigenvalue weighted by Crippen LogP contribution is -2.56. The van der Waals surface area contributed by atoms with Crippen molar-refractivity contribution in [1.29, 1.82) is 0 Å². The normalized spacial score (nSPS) is 24.2. The summed E-state index contributed by atoms with van der Waals surface area (Å²) in [6.07, 6.45) is 1.70. The highest BCUT2D eigenvalue weighted by atomic mass is 16.3. The van der Waals surface area contributed by atoms with Gasteiger partial charge in [0.05, 0.1) is 12.0 Å². The van der Waals surface area contributed by atoms with E-state index in [0.29, 0.717) is 18.9 Å². The molecule has 2 aliphatic rings. The van der Waals surface area contributed by atoms with Gasteiger partial charge in [0.25, 0.3) is 0 Å². The third-order valence-electron chi connectivity index (χ3n) is 5.52. The standard InChI is InChI=1S/C18H35N3O2/c1-15(2)19-8-6-18(23,7-9-19)14-16(22)20-10-12-21(13-11-20)17(3,4)5/h15,23H,6-14H2,1-5H3. The summed E-state index contributed by atoms with van der Waals surface area (Å²) in [4.78, 5) is 19.3. The zero-order valence-electron chi connectivity index (χ0n) is 15.6. The lowest BCUT2D eigenvalue weighted by molar-refractivity contribution is -0.141. The maximum atomic E-state index is 12.6. The highest BCUT2D eigenvalue weighted by Gasteiger charge is 2.37. The third-order valence-corrected chi connectivity index (χ3v) is 5.52. The number of piperazine rings is 1. The minimum atomic E-state index is -0.802. The number of rotatable bonds is 3. The van der Waals surface area contributed by atoms with E-state index in [1.54, 1.807) is 0 Å². The predicted molar refractivity (Wildman–Crippen MR) is 93.4 cm³/mol. The summed E-state index contributed by atoms with van der Waals surface area (Å²) >= 11 is 0. The van der Waals surface area contributed by atoms with E-state index in [9.17, 15) is 9.90 Å². The summed E-state index contributed by atoms with van der Waals surface area (Å²) in [7, 11) is 0. The van der Waals surface area contributed by atoms with E-state index in [4.69, 9.17) is 0 Å². The average Bonchev–Trinajstić information content (AvgIpc) is 2.46. The Morgan fingerprint density at radius 1 is 1.04 bits per heavy atom. The Balaban J connectivity index is 1.81. The SMILES string of the molecule is CC(C)N1CCC(O)(CC(=O)N2CCN(C(C)(C)C)CC2)CC1. The molecule has 2 saturated heterocycles. The van der Waals surface area contributed by atoms with Crippen molar-refractivity contribution >= 4 is 5.91 Å². The van der Waals surface area contributed by atoms with E-state index in [0.717, 1.165) is 39.3 Å². The monoisotopic (exact) mass is 325 g/mol. The van der Waals surface area contributed by atoms with Crippen LogP contribution in [0, 0.1) is 0 Å². The fraction of sp³-hybridized carbons (Fsp3) is 0.944. The van der Waals surface area contributed by atoms with Gasteiger partial charge in [-0.05, 0) is 47.5 Å². The Bertz CT molecular complexity index is 401. The van der Waals surface area contributed by atoms with Crippen LogP contribution in [0.15, 0.2) is 0 Å². The van der Waals surface area contributed by atoms with Crippen molar-refractivity contribution in [3.05, 3.63) is 0 Å². The predicted octanol–water partition coefficient (Wildman–Crippen LogP) is 1.55. The smallest absolute Gasteiger partial charge is 0.225 e.